The van der Waals surface area contributed by atoms with E-state index in [0.717, 1.165) is 12.4 Å². The lowest BCUT2D eigenvalue weighted by Gasteiger charge is -2.17. The summed E-state index contributed by atoms with van der Waals surface area (Å²) in [6.45, 7) is 0.0351. The number of hydrogen-bond acceptors (Lipinski definition) is 4. The molecule has 1 atom stereocenters. The van der Waals surface area contributed by atoms with Crippen LogP contribution in [0.15, 0.2) is 42.9 Å². The second-order valence-corrected chi connectivity index (χ2v) is 6.90. The van der Waals surface area contributed by atoms with Gasteiger partial charge in [0.25, 0.3) is 5.91 Å². The molecule has 0 fully saturated rings. The monoisotopic (exact) mass is 443 g/mol. The summed E-state index contributed by atoms with van der Waals surface area (Å²) in [4.78, 5) is 19.3. The van der Waals surface area contributed by atoms with Gasteiger partial charge in [-0.3, -0.25) is 9.48 Å². The predicted molar refractivity (Wildman–Crippen MR) is 101 cm³/mol. The summed E-state index contributed by atoms with van der Waals surface area (Å²) < 4.78 is 39.8. The SMILES string of the molecule is Cn1ccc(C(CNC(=O)c2cccc(Cl)c2Cl)c2cnc(C(F)(F)F)nc2)n1. The normalized spacial score (nSPS) is 12.6. The number of alkyl halides is 3. The predicted octanol–water partition coefficient (Wildman–Crippen LogP) is 4.10. The minimum absolute atomic E-state index is 0.0351. The third-order valence-corrected chi connectivity index (χ3v) is 4.90. The van der Waals surface area contributed by atoms with Gasteiger partial charge in [0.2, 0.25) is 5.82 Å². The van der Waals surface area contributed by atoms with E-state index in [9.17, 15) is 18.0 Å². The van der Waals surface area contributed by atoms with Crippen LogP contribution in [0.3, 0.4) is 0 Å². The van der Waals surface area contributed by atoms with E-state index in [2.05, 4.69) is 20.4 Å². The van der Waals surface area contributed by atoms with Crippen molar-refractivity contribution in [2.75, 3.05) is 6.54 Å². The molecule has 29 heavy (non-hydrogen) atoms. The molecule has 3 rings (SSSR count). The van der Waals surface area contributed by atoms with E-state index >= 15 is 0 Å². The Balaban J connectivity index is 1.85. The minimum atomic E-state index is -4.64. The van der Waals surface area contributed by atoms with E-state index in [1.807, 2.05) is 0 Å². The average Bonchev–Trinajstić information content (AvgIpc) is 3.09. The molecule has 0 aliphatic carbocycles. The van der Waals surface area contributed by atoms with Crippen LogP contribution in [0, 0.1) is 0 Å². The van der Waals surface area contributed by atoms with Gasteiger partial charge in [-0.05, 0) is 23.8 Å². The standard InChI is InChI=1S/C18H14Cl2F3N5O/c1-28-6-5-14(27-28)12(10-7-25-17(26-8-10)18(21,22)23)9-24-16(29)11-3-2-4-13(19)15(11)20/h2-8,12H,9H2,1H3,(H,24,29). The molecule has 1 aromatic carbocycles. The number of amides is 1. The van der Waals surface area contributed by atoms with Crippen molar-refractivity contribution in [3.05, 3.63) is 75.5 Å². The van der Waals surface area contributed by atoms with Gasteiger partial charge in [-0.25, -0.2) is 9.97 Å². The van der Waals surface area contributed by atoms with Crippen LogP contribution in [0.1, 0.15) is 33.4 Å². The fourth-order valence-electron chi connectivity index (χ4n) is 2.65. The van der Waals surface area contributed by atoms with Crippen LogP contribution in [-0.2, 0) is 13.2 Å². The summed E-state index contributed by atoms with van der Waals surface area (Å²) in [5.41, 5.74) is 1.09. The number of aryl methyl sites for hydroxylation is 1. The van der Waals surface area contributed by atoms with Gasteiger partial charge in [-0.15, -0.1) is 0 Å². The average molecular weight is 444 g/mol. The van der Waals surface area contributed by atoms with Crippen molar-refractivity contribution in [1.82, 2.24) is 25.1 Å². The lowest BCUT2D eigenvalue weighted by atomic mass is 9.98. The van der Waals surface area contributed by atoms with Gasteiger partial charge in [0, 0.05) is 38.1 Å². The Morgan fingerprint density at radius 2 is 1.90 bits per heavy atom. The highest BCUT2D eigenvalue weighted by molar-refractivity contribution is 6.43. The van der Waals surface area contributed by atoms with Gasteiger partial charge in [0.1, 0.15) is 0 Å². The van der Waals surface area contributed by atoms with Gasteiger partial charge in [-0.2, -0.15) is 18.3 Å². The van der Waals surface area contributed by atoms with Gasteiger partial charge in [0.15, 0.2) is 0 Å². The van der Waals surface area contributed by atoms with Crippen LogP contribution in [0.4, 0.5) is 13.2 Å². The maximum atomic E-state index is 12.7. The van der Waals surface area contributed by atoms with Crippen LogP contribution < -0.4 is 5.32 Å². The second-order valence-electron chi connectivity index (χ2n) is 6.12. The zero-order valence-electron chi connectivity index (χ0n) is 14.9. The van der Waals surface area contributed by atoms with E-state index < -0.39 is 23.8 Å². The summed E-state index contributed by atoms with van der Waals surface area (Å²) in [5.74, 6) is -2.29. The highest BCUT2D eigenvalue weighted by Gasteiger charge is 2.34. The molecule has 0 radical (unpaired) electrons. The maximum Gasteiger partial charge on any atom is 0.451 e. The molecule has 2 heterocycles. The number of nitrogens with zero attached hydrogens (tertiary/aromatic N) is 4. The van der Waals surface area contributed by atoms with E-state index in [0.29, 0.717) is 11.3 Å². The van der Waals surface area contributed by atoms with E-state index in [1.54, 1.807) is 36.1 Å². The van der Waals surface area contributed by atoms with Crippen molar-refractivity contribution in [2.24, 2.45) is 7.05 Å². The van der Waals surface area contributed by atoms with Crippen LogP contribution in [-0.4, -0.2) is 32.2 Å². The zero-order valence-corrected chi connectivity index (χ0v) is 16.4. The van der Waals surface area contributed by atoms with E-state index in [-0.39, 0.29) is 22.2 Å². The maximum absolute atomic E-state index is 12.7. The summed E-state index contributed by atoms with van der Waals surface area (Å²) in [6.07, 6.45) is -0.805. The molecule has 0 aliphatic heterocycles. The summed E-state index contributed by atoms with van der Waals surface area (Å²) >= 11 is 12.0. The Labute approximate surface area is 173 Å². The lowest BCUT2D eigenvalue weighted by Crippen LogP contribution is -2.29. The van der Waals surface area contributed by atoms with E-state index in [4.69, 9.17) is 23.2 Å². The first-order valence-corrected chi connectivity index (χ1v) is 9.03. The largest absolute Gasteiger partial charge is 0.451 e. The smallest absolute Gasteiger partial charge is 0.351 e. The topological polar surface area (TPSA) is 72.7 Å². The Hall–Kier alpha value is -2.65. The van der Waals surface area contributed by atoms with Gasteiger partial charge < -0.3 is 5.32 Å². The molecular weight excluding hydrogens is 430 g/mol. The molecular formula is C18H14Cl2F3N5O. The molecule has 6 nitrogen and oxygen atoms in total. The molecule has 0 saturated carbocycles. The number of rotatable bonds is 5. The summed E-state index contributed by atoms with van der Waals surface area (Å²) in [7, 11) is 1.70. The van der Waals surface area contributed by atoms with Gasteiger partial charge in [-0.1, -0.05) is 29.3 Å². The number of benzene rings is 1. The number of halogens is 5. The lowest BCUT2D eigenvalue weighted by molar-refractivity contribution is -0.145. The second kappa shape index (κ2) is 8.38. The summed E-state index contributed by atoms with van der Waals surface area (Å²) in [6, 6.07) is 6.35. The molecule has 11 heteroatoms. The third kappa shape index (κ3) is 4.86. The number of carbonyl (C=O) groups is 1. The molecule has 3 aromatic rings. The van der Waals surface area contributed by atoms with Crippen LogP contribution in [0.5, 0.6) is 0 Å². The number of nitrogens with one attached hydrogen (secondary N) is 1. The van der Waals surface area contributed by atoms with Crippen molar-refractivity contribution in [1.29, 1.82) is 0 Å². The number of carbonyl (C=O) groups excluding carboxylic acids is 1. The number of aromatic nitrogens is 4. The molecule has 152 valence electrons. The fourth-order valence-corrected chi connectivity index (χ4v) is 3.03. The van der Waals surface area contributed by atoms with E-state index in [1.165, 1.54) is 6.07 Å². The minimum Gasteiger partial charge on any atom is -0.351 e. The highest BCUT2D eigenvalue weighted by Crippen LogP contribution is 2.28. The van der Waals surface area contributed by atoms with Crippen LogP contribution in [0.2, 0.25) is 10.0 Å². The third-order valence-electron chi connectivity index (χ3n) is 4.08. The zero-order chi connectivity index (χ0) is 21.2. The first-order valence-electron chi connectivity index (χ1n) is 8.27. The Kier molecular flexibility index (Phi) is 6.09. The number of hydrogen-bond donors (Lipinski definition) is 1. The summed E-state index contributed by atoms with van der Waals surface area (Å²) in [5, 5.41) is 7.33. The molecule has 1 amide bonds. The molecule has 0 aliphatic rings. The van der Waals surface area contributed by atoms with Crippen LogP contribution >= 0.6 is 23.2 Å². The highest BCUT2D eigenvalue weighted by atomic mass is 35.5. The van der Waals surface area contributed by atoms with Crippen molar-refractivity contribution in [3.8, 4) is 0 Å². The molecule has 1 N–H and O–H groups in total. The van der Waals surface area contributed by atoms with Crippen molar-refractivity contribution >= 4 is 29.1 Å². The van der Waals surface area contributed by atoms with Crippen molar-refractivity contribution in [3.63, 3.8) is 0 Å². The fraction of sp³-hybridized carbons (Fsp3) is 0.222. The molecule has 0 saturated heterocycles. The Morgan fingerprint density at radius 1 is 1.21 bits per heavy atom. The van der Waals surface area contributed by atoms with Crippen molar-refractivity contribution < 1.29 is 18.0 Å². The first kappa shape index (κ1) is 21.1. The van der Waals surface area contributed by atoms with Crippen molar-refractivity contribution in [2.45, 2.75) is 12.1 Å². The van der Waals surface area contributed by atoms with Gasteiger partial charge in [0.05, 0.1) is 21.3 Å². The quantitative estimate of drug-likeness (QED) is 0.644. The van der Waals surface area contributed by atoms with Crippen LogP contribution in [0.25, 0.3) is 0 Å². The molecule has 2 aromatic heterocycles. The Morgan fingerprint density at radius 3 is 2.48 bits per heavy atom. The Bertz CT molecular complexity index is 1020. The molecule has 0 bridgehead atoms. The first-order chi connectivity index (χ1) is 13.7. The van der Waals surface area contributed by atoms with Gasteiger partial charge >= 0.3 is 6.18 Å². The molecule has 1 unspecified atom stereocenters. The molecule has 0 spiro atoms.